The molecule has 1 aliphatic heterocycles. The van der Waals surface area contributed by atoms with Crippen LogP contribution in [0.15, 0.2) is 42.6 Å². The molecular weight excluding hydrogens is 268 g/mol. The van der Waals surface area contributed by atoms with Gasteiger partial charge in [0.1, 0.15) is 0 Å². The van der Waals surface area contributed by atoms with Crippen molar-refractivity contribution in [1.29, 1.82) is 0 Å². The van der Waals surface area contributed by atoms with Gasteiger partial charge in [-0.1, -0.05) is 12.1 Å². The van der Waals surface area contributed by atoms with Crippen molar-refractivity contribution >= 4 is 11.8 Å². The zero-order valence-corrected chi connectivity index (χ0v) is 11.2. The average molecular weight is 281 g/mol. The molecule has 5 nitrogen and oxygen atoms in total. The topological polar surface area (TPSA) is 61.5 Å². The number of hydrogen-bond donors (Lipinski definition) is 1. The molecule has 0 fully saturated rings. The Hall–Kier alpha value is -2.69. The summed E-state index contributed by atoms with van der Waals surface area (Å²) in [6.45, 7) is 0. The lowest BCUT2D eigenvalue weighted by Crippen LogP contribution is -2.36. The first-order chi connectivity index (χ1) is 10.2. The minimum atomic E-state index is -0.299. The molecule has 0 saturated heterocycles. The maximum atomic E-state index is 12.5. The quantitative estimate of drug-likeness (QED) is 0.489. The predicted octanol–water partition coefficient (Wildman–Crippen LogP) is 1.49. The number of hydrogen-bond acceptors (Lipinski definition) is 3. The molecule has 4 rings (SSSR count). The zero-order chi connectivity index (χ0) is 14.6. The molecule has 0 bridgehead atoms. The van der Waals surface area contributed by atoms with Gasteiger partial charge in [0.25, 0.3) is 11.8 Å². The zero-order valence-electron chi connectivity index (χ0n) is 11.2. The van der Waals surface area contributed by atoms with Gasteiger partial charge in [-0.2, -0.15) is 0 Å². The average Bonchev–Trinajstić information content (AvgIpc) is 3.02. The van der Waals surface area contributed by atoms with E-state index in [0.29, 0.717) is 24.0 Å². The highest BCUT2D eigenvalue weighted by Crippen LogP contribution is 2.38. The Morgan fingerprint density at radius 3 is 2.38 bits per heavy atom. The summed E-state index contributed by atoms with van der Waals surface area (Å²) in [6, 6.07) is 10.2. The number of aromatic nitrogens is 1. The lowest BCUT2D eigenvalue weighted by Gasteiger charge is -2.21. The number of amides is 2. The van der Waals surface area contributed by atoms with Crippen LogP contribution >= 0.6 is 0 Å². The van der Waals surface area contributed by atoms with Crippen molar-refractivity contribution in [3.8, 4) is 0 Å². The summed E-state index contributed by atoms with van der Waals surface area (Å²) < 4.78 is 1.08. The molecule has 104 valence electrons. The summed E-state index contributed by atoms with van der Waals surface area (Å²) in [6.07, 6.45) is 2.85. The third-order valence-electron chi connectivity index (χ3n) is 4.26. The van der Waals surface area contributed by atoms with Crippen molar-refractivity contribution < 1.29 is 19.5 Å². The van der Waals surface area contributed by atoms with Gasteiger partial charge in [0.15, 0.2) is 0 Å². The molecule has 0 saturated carbocycles. The fourth-order valence-electron chi connectivity index (χ4n) is 3.30. The van der Waals surface area contributed by atoms with Crippen molar-refractivity contribution in [2.45, 2.75) is 18.9 Å². The summed E-state index contributed by atoms with van der Waals surface area (Å²) in [5, 5.41) is 9.83. The minimum Gasteiger partial charge on any atom is -0.285 e. The van der Waals surface area contributed by atoms with Crippen molar-refractivity contribution in [2.24, 2.45) is 0 Å². The molecule has 1 aromatic heterocycles. The van der Waals surface area contributed by atoms with Crippen molar-refractivity contribution in [2.75, 3.05) is 0 Å². The fourth-order valence-corrected chi connectivity index (χ4v) is 3.30. The lowest BCUT2D eigenvalue weighted by atomic mass is 10.1. The molecule has 1 aliphatic carbocycles. The Morgan fingerprint density at radius 2 is 1.71 bits per heavy atom. The SMILES string of the molecule is O=C1c2ccccc2C(=O)N1C1CCc2c1ccc[n+]2O. The van der Waals surface area contributed by atoms with Gasteiger partial charge >= 0.3 is 0 Å². The molecule has 0 spiro atoms. The van der Waals surface area contributed by atoms with Gasteiger partial charge in [0, 0.05) is 22.8 Å². The highest BCUT2D eigenvalue weighted by Gasteiger charge is 2.44. The van der Waals surface area contributed by atoms with Crippen LogP contribution < -0.4 is 4.73 Å². The number of carbonyl (C=O) groups is 2. The fraction of sp³-hybridized carbons (Fsp3) is 0.188. The van der Waals surface area contributed by atoms with Crippen LogP contribution in [0.1, 0.15) is 44.4 Å². The maximum absolute atomic E-state index is 12.5. The van der Waals surface area contributed by atoms with Crippen LogP contribution in [0, 0.1) is 0 Å². The van der Waals surface area contributed by atoms with Gasteiger partial charge in [-0.25, -0.2) is 0 Å². The van der Waals surface area contributed by atoms with E-state index in [0.717, 1.165) is 16.0 Å². The Balaban J connectivity index is 1.80. The predicted molar refractivity (Wildman–Crippen MR) is 71.8 cm³/mol. The van der Waals surface area contributed by atoms with E-state index in [9.17, 15) is 14.8 Å². The smallest absolute Gasteiger partial charge is 0.262 e. The third-order valence-corrected chi connectivity index (χ3v) is 4.26. The molecule has 2 aromatic rings. The molecule has 2 heterocycles. The molecule has 5 heteroatoms. The summed E-state index contributed by atoms with van der Waals surface area (Å²) >= 11 is 0. The van der Waals surface area contributed by atoms with E-state index in [4.69, 9.17) is 0 Å². The van der Waals surface area contributed by atoms with E-state index in [-0.39, 0.29) is 17.9 Å². The molecule has 21 heavy (non-hydrogen) atoms. The second-order valence-electron chi connectivity index (χ2n) is 5.34. The standard InChI is InChI=1S/C16H13N2O3/c19-15-10-4-1-2-5-11(10)16(20)18(15)14-8-7-13-12(14)6-3-9-17(13)21/h1-6,9,14,21H,7-8H2/q+1. The van der Waals surface area contributed by atoms with Gasteiger partial charge in [-0.05, 0) is 24.6 Å². The van der Waals surface area contributed by atoms with Crippen LogP contribution in [0.25, 0.3) is 0 Å². The Morgan fingerprint density at radius 1 is 1.05 bits per heavy atom. The normalized spacial score (nSPS) is 19.8. The van der Waals surface area contributed by atoms with E-state index < -0.39 is 0 Å². The van der Waals surface area contributed by atoms with Crippen LogP contribution in [0.3, 0.4) is 0 Å². The summed E-state index contributed by atoms with van der Waals surface area (Å²) in [4.78, 5) is 26.4. The highest BCUT2D eigenvalue weighted by atomic mass is 16.5. The first-order valence-corrected chi connectivity index (χ1v) is 6.88. The number of fused-ring (bicyclic) bond motifs is 2. The number of pyridine rings is 1. The van der Waals surface area contributed by atoms with Gasteiger partial charge in [0.05, 0.1) is 17.2 Å². The monoisotopic (exact) mass is 281 g/mol. The van der Waals surface area contributed by atoms with E-state index in [1.165, 1.54) is 4.90 Å². The molecule has 1 unspecified atom stereocenters. The maximum Gasteiger partial charge on any atom is 0.262 e. The number of benzene rings is 1. The first kappa shape index (κ1) is 12.1. The first-order valence-electron chi connectivity index (χ1n) is 6.88. The second-order valence-corrected chi connectivity index (χ2v) is 5.34. The number of carbonyl (C=O) groups excluding carboxylic acids is 2. The van der Waals surface area contributed by atoms with Gasteiger partial charge in [-0.3, -0.25) is 19.7 Å². The highest BCUT2D eigenvalue weighted by molar-refractivity contribution is 6.21. The van der Waals surface area contributed by atoms with E-state index >= 15 is 0 Å². The van der Waals surface area contributed by atoms with Gasteiger partial charge in [-0.15, -0.1) is 0 Å². The lowest BCUT2D eigenvalue weighted by molar-refractivity contribution is -0.909. The number of imide groups is 1. The van der Waals surface area contributed by atoms with Crippen molar-refractivity contribution in [3.05, 3.63) is 65.0 Å². The number of rotatable bonds is 1. The van der Waals surface area contributed by atoms with Gasteiger partial charge in [0.2, 0.25) is 11.9 Å². The van der Waals surface area contributed by atoms with E-state index in [2.05, 4.69) is 0 Å². The van der Waals surface area contributed by atoms with Crippen LogP contribution in [-0.4, -0.2) is 21.9 Å². The summed E-state index contributed by atoms with van der Waals surface area (Å²) in [7, 11) is 0. The molecule has 1 atom stereocenters. The van der Waals surface area contributed by atoms with E-state index in [1.807, 2.05) is 6.07 Å². The summed E-state index contributed by atoms with van der Waals surface area (Å²) in [5.41, 5.74) is 2.53. The largest absolute Gasteiger partial charge is 0.285 e. The van der Waals surface area contributed by atoms with Crippen LogP contribution in [0.5, 0.6) is 0 Å². The Labute approximate surface area is 121 Å². The Bertz CT molecular complexity index is 750. The van der Waals surface area contributed by atoms with Crippen molar-refractivity contribution in [3.63, 3.8) is 0 Å². The molecular formula is C16H13N2O3+. The number of nitrogens with zero attached hydrogens (tertiary/aromatic N) is 2. The molecule has 2 amide bonds. The third kappa shape index (κ3) is 1.54. The van der Waals surface area contributed by atoms with E-state index in [1.54, 1.807) is 36.5 Å². The van der Waals surface area contributed by atoms with Gasteiger partial charge < -0.3 is 0 Å². The van der Waals surface area contributed by atoms with Crippen LogP contribution in [0.2, 0.25) is 0 Å². The molecule has 2 aliphatic rings. The van der Waals surface area contributed by atoms with Crippen LogP contribution in [-0.2, 0) is 6.42 Å². The molecule has 1 N–H and O–H groups in total. The molecule has 1 aromatic carbocycles. The minimum absolute atomic E-state index is 0.248. The summed E-state index contributed by atoms with van der Waals surface area (Å²) in [5.74, 6) is -0.497. The Kier molecular flexibility index (Phi) is 2.39. The van der Waals surface area contributed by atoms with Crippen LogP contribution in [0.4, 0.5) is 0 Å². The van der Waals surface area contributed by atoms with Crippen molar-refractivity contribution in [1.82, 2.24) is 4.90 Å². The molecule has 0 radical (unpaired) electrons. The second kappa shape index (κ2) is 4.15.